The lowest BCUT2D eigenvalue weighted by Crippen LogP contribution is -2.04. The standard InChI is InChI=1S/C17H18O4/c1-19-15-10-13(11-16(20-2)17(15)21-3)14(18)9-8-12-6-4-5-7-12/h4-11,18H,1-3H3/p-1. The monoisotopic (exact) mass is 285 g/mol. The van der Waals surface area contributed by atoms with Crippen LogP contribution in [0.3, 0.4) is 0 Å². The van der Waals surface area contributed by atoms with Crippen molar-refractivity contribution in [3.63, 3.8) is 0 Å². The van der Waals surface area contributed by atoms with Gasteiger partial charge in [-0.2, -0.15) is 0 Å². The highest BCUT2D eigenvalue weighted by molar-refractivity contribution is 5.67. The van der Waals surface area contributed by atoms with E-state index < -0.39 is 0 Å². The Bertz CT molecular complexity index is 597. The third-order valence-electron chi connectivity index (χ3n) is 3.06. The van der Waals surface area contributed by atoms with Crippen LogP contribution in [0.2, 0.25) is 0 Å². The molecule has 1 aliphatic carbocycles. The maximum atomic E-state index is 12.2. The third kappa shape index (κ3) is 3.28. The Morgan fingerprint density at radius 3 is 2.00 bits per heavy atom. The summed E-state index contributed by atoms with van der Waals surface area (Å²) in [6.07, 6.45) is 11.0. The van der Waals surface area contributed by atoms with Crippen molar-refractivity contribution in [3.8, 4) is 17.2 Å². The molecule has 0 radical (unpaired) electrons. The second-order valence-corrected chi connectivity index (χ2v) is 4.33. The van der Waals surface area contributed by atoms with Gasteiger partial charge in [-0.1, -0.05) is 36.5 Å². The van der Waals surface area contributed by atoms with Crippen LogP contribution >= 0.6 is 0 Å². The molecule has 4 nitrogen and oxygen atoms in total. The zero-order valence-electron chi connectivity index (χ0n) is 12.3. The average molecular weight is 285 g/mol. The van der Waals surface area contributed by atoms with E-state index in [1.165, 1.54) is 27.4 Å². The number of rotatable bonds is 5. The van der Waals surface area contributed by atoms with E-state index in [4.69, 9.17) is 14.2 Å². The summed E-state index contributed by atoms with van der Waals surface area (Å²) in [7, 11) is 4.56. The van der Waals surface area contributed by atoms with Gasteiger partial charge < -0.3 is 19.3 Å². The Morgan fingerprint density at radius 1 is 0.952 bits per heavy atom. The summed E-state index contributed by atoms with van der Waals surface area (Å²) < 4.78 is 15.7. The smallest absolute Gasteiger partial charge is 0.203 e. The largest absolute Gasteiger partial charge is 0.872 e. The van der Waals surface area contributed by atoms with E-state index in [9.17, 15) is 5.11 Å². The average Bonchev–Trinajstić information content (AvgIpc) is 3.04. The number of benzene rings is 1. The molecule has 4 heteroatoms. The van der Waals surface area contributed by atoms with Gasteiger partial charge in [0.2, 0.25) is 5.75 Å². The Kier molecular flexibility index (Phi) is 4.72. The van der Waals surface area contributed by atoms with E-state index in [-0.39, 0.29) is 5.76 Å². The molecule has 110 valence electrons. The third-order valence-corrected chi connectivity index (χ3v) is 3.06. The lowest BCUT2D eigenvalue weighted by molar-refractivity contribution is -0.243. The summed E-state index contributed by atoms with van der Waals surface area (Å²) in [5, 5.41) is 12.2. The zero-order chi connectivity index (χ0) is 15.2. The Hall–Kier alpha value is -2.62. The molecule has 0 saturated carbocycles. The molecular formula is C17H17O4-. The summed E-state index contributed by atoms with van der Waals surface area (Å²) in [4.78, 5) is 0. The van der Waals surface area contributed by atoms with Gasteiger partial charge in [-0.25, -0.2) is 0 Å². The van der Waals surface area contributed by atoms with Crippen LogP contribution in [0.4, 0.5) is 0 Å². The van der Waals surface area contributed by atoms with E-state index in [1.807, 2.05) is 24.3 Å². The van der Waals surface area contributed by atoms with E-state index in [0.29, 0.717) is 22.8 Å². The van der Waals surface area contributed by atoms with Crippen molar-refractivity contribution in [2.75, 3.05) is 21.3 Å². The molecule has 0 amide bonds. The van der Waals surface area contributed by atoms with Crippen molar-refractivity contribution in [2.24, 2.45) is 0 Å². The first-order valence-electron chi connectivity index (χ1n) is 6.43. The highest BCUT2D eigenvalue weighted by Crippen LogP contribution is 2.39. The van der Waals surface area contributed by atoms with Crippen molar-refractivity contribution in [3.05, 3.63) is 59.7 Å². The van der Waals surface area contributed by atoms with Crippen LogP contribution in [-0.2, 0) is 0 Å². The van der Waals surface area contributed by atoms with Gasteiger partial charge >= 0.3 is 0 Å². The minimum atomic E-state index is -0.129. The predicted octanol–water partition coefficient (Wildman–Crippen LogP) is 2.47. The minimum Gasteiger partial charge on any atom is -0.872 e. The second kappa shape index (κ2) is 6.70. The van der Waals surface area contributed by atoms with Crippen LogP contribution in [0.15, 0.2) is 54.2 Å². The fourth-order valence-corrected chi connectivity index (χ4v) is 1.99. The molecule has 21 heavy (non-hydrogen) atoms. The van der Waals surface area contributed by atoms with Crippen LogP contribution in [-0.4, -0.2) is 21.3 Å². The Morgan fingerprint density at radius 2 is 1.52 bits per heavy atom. The fraction of sp³-hybridized carbons (Fsp3) is 0.176. The molecule has 0 fully saturated rings. The van der Waals surface area contributed by atoms with Gasteiger partial charge in [0.05, 0.1) is 21.3 Å². The Labute approximate surface area is 124 Å². The van der Waals surface area contributed by atoms with E-state index >= 15 is 0 Å². The van der Waals surface area contributed by atoms with E-state index in [0.717, 1.165) is 5.57 Å². The number of methoxy groups -OCH3 is 3. The highest BCUT2D eigenvalue weighted by Gasteiger charge is 2.12. The van der Waals surface area contributed by atoms with Crippen molar-refractivity contribution < 1.29 is 19.3 Å². The molecule has 1 aromatic carbocycles. The van der Waals surface area contributed by atoms with Gasteiger partial charge in [-0.3, -0.25) is 0 Å². The Balaban J connectivity index is 2.39. The summed E-state index contributed by atoms with van der Waals surface area (Å²) in [6.45, 7) is 0. The number of allylic oxidation sites excluding steroid dienone is 7. The normalized spacial score (nSPS) is 13.5. The van der Waals surface area contributed by atoms with Crippen LogP contribution in [0, 0.1) is 0 Å². The lowest BCUT2D eigenvalue weighted by atomic mass is 10.1. The van der Waals surface area contributed by atoms with E-state index in [2.05, 4.69) is 0 Å². The lowest BCUT2D eigenvalue weighted by Gasteiger charge is -2.17. The minimum absolute atomic E-state index is 0.129. The molecule has 0 spiro atoms. The van der Waals surface area contributed by atoms with Crippen LogP contribution in [0.25, 0.3) is 5.76 Å². The fourth-order valence-electron chi connectivity index (χ4n) is 1.99. The second-order valence-electron chi connectivity index (χ2n) is 4.33. The molecule has 2 rings (SSSR count). The van der Waals surface area contributed by atoms with Crippen LogP contribution in [0.1, 0.15) is 5.56 Å². The molecule has 0 aromatic heterocycles. The molecule has 1 aliphatic rings. The van der Waals surface area contributed by atoms with Gasteiger partial charge in [-0.05, 0) is 23.3 Å². The molecule has 1 aromatic rings. The molecule has 0 N–H and O–H groups in total. The zero-order valence-corrected chi connectivity index (χ0v) is 12.3. The molecule has 0 heterocycles. The van der Waals surface area contributed by atoms with E-state index in [1.54, 1.807) is 18.2 Å². The van der Waals surface area contributed by atoms with Gasteiger partial charge in [0, 0.05) is 0 Å². The quantitative estimate of drug-likeness (QED) is 0.780. The van der Waals surface area contributed by atoms with Gasteiger partial charge in [0.25, 0.3) is 0 Å². The van der Waals surface area contributed by atoms with Crippen LogP contribution < -0.4 is 19.3 Å². The van der Waals surface area contributed by atoms with Gasteiger partial charge in [-0.15, -0.1) is 5.76 Å². The first-order chi connectivity index (χ1) is 10.2. The predicted molar refractivity (Wildman–Crippen MR) is 80.4 cm³/mol. The summed E-state index contributed by atoms with van der Waals surface area (Å²) in [6, 6.07) is 3.28. The van der Waals surface area contributed by atoms with Gasteiger partial charge in [0.15, 0.2) is 11.5 Å². The molecule has 0 saturated heterocycles. The van der Waals surface area contributed by atoms with Crippen molar-refractivity contribution in [1.29, 1.82) is 0 Å². The number of ether oxygens (including phenoxy) is 3. The molecule has 0 bridgehead atoms. The molecule has 0 atom stereocenters. The first-order valence-corrected chi connectivity index (χ1v) is 6.43. The van der Waals surface area contributed by atoms with Crippen LogP contribution in [0.5, 0.6) is 17.2 Å². The topological polar surface area (TPSA) is 50.8 Å². The summed E-state index contributed by atoms with van der Waals surface area (Å²) in [5.41, 5.74) is 1.46. The summed E-state index contributed by atoms with van der Waals surface area (Å²) >= 11 is 0. The van der Waals surface area contributed by atoms with Crippen molar-refractivity contribution in [2.45, 2.75) is 0 Å². The maximum Gasteiger partial charge on any atom is 0.203 e. The summed E-state index contributed by atoms with van der Waals surface area (Å²) in [5.74, 6) is 1.26. The molecule has 0 aliphatic heterocycles. The highest BCUT2D eigenvalue weighted by atomic mass is 16.5. The number of hydrogen-bond acceptors (Lipinski definition) is 4. The first kappa shape index (κ1) is 14.8. The van der Waals surface area contributed by atoms with Crippen molar-refractivity contribution >= 4 is 5.76 Å². The molecular weight excluding hydrogens is 268 g/mol. The van der Waals surface area contributed by atoms with Gasteiger partial charge in [0.1, 0.15) is 0 Å². The van der Waals surface area contributed by atoms with Crippen molar-refractivity contribution in [1.82, 2.24) is 0 Å². The SMILES string of the molecule is COc1cc(C([O-])=CC=C2C=CC=C2)cc(OC)c1OC. The molecule has 0 unspecified atom stereocenters. The number of hydrogen-bond donors (Lipinski definition) is 0. The maximum absolute atomic E-state index is 12.2.